The van der Waals surface area contributed by atoms with Crippen molar-refractivity contribution in [2.24, 2.45) is 11.8 Å². The Morgan fingerprint density at radius 1 is 1.06 bits per heavy atom. The van der Waals surface area contributed by atoms with Crippen LogP contribution in [0.3, 0.4) is 0 Å². The molecule has 2 aliphatic rings. The van der Waals surface area contributed by atoms with Gasteiger partial charge in [0.05, 0.1) is 29.6 Å². The number of nitro groups is 1. The lowest BCUT2D eigenvalue weighted by molar-refractivity contribution is -0.383. The second-order valence-electron chi connectivity index (χ2n) is 7.99. The molecule has 8 nitrogen and oxygen atoms in total. The normalized spacial score (nSPS) is 20.5. The van der Waals surface area contributed by atoms with E-state index in [4.69, 9.17) is 4.74 Å². The van der Waals surface area contributed by atoms with E-state index in [1.54, 1.807) is 19.2 Å². The van der Waals surface area contributed by atoms with Crippen molar-refractivity contribution in [3.05, 3.63) is 58.1 Å². The Hall–Kier alpha value is -3.42. The van der Waals surface area contributed by atoms with Gasteiger partial charge in [0.2, 0.25) is 11.8 Å². The average molecular weight is 423 g/mol. The number of rotatable bonds is 7. The molecule has 2 fully saturated rings. The number of carbonyl (C=O) groups excluding carboxylic acids is 2. The molecule has 0 bridgehead atoms. The molecule has 0 aromatic heterocycles. The number of anilines is 2. The van der Waals surface area contributed by atoms with E-state index in [9.17, 15) is 19.7 Å². The Bertz CT molecular complexity index is 981. The highest BCUT2D eigenvalue weighted by Gasteiger charge is 2.49. The van der Waals surface area contributed by atoms with Crippen LogP contribution >= 0.6 is 0 Å². The van der Waals surface area contributed by atoms with Crippen molar-refractivity contribution in [2.75, 3.05) is 23.9 Å². The summed E-state index contributed by atoms with van der Waals surface area (Å²) in [6, 6.07) is 12.1. The van der Waals surface area contributed by atoms with E-state index < -0.39 is 4.92 Å². The first-order chi connectivity index (χ1) is 15.0. The first-order valence-corrected chi connectivity index (χ1v) is 10.5. The lowest BCUT2D eigenvalue weighted by Crippen LogP contribution is -2.30. The molecule has 31 heavy (non-hydrogen) atoms. The number of hydrogen-bond acceptors (Lipinski definition) is 6. The van der Waals surface area contributed by atoms with Crippen molar-refractivity contribution in [1.29, 1.82) is 0 Å². The van der Waals surface area contributed by atoms with Crippen LogP contribution in [-0.2, 0) is 16.0 Å². The zero-order valence-corrected chi connectivity index (χ0v) is 17.4. The van der Waals surface area contributed by atoms with Gasteiger partial charge in [-0.05, 0) is 49.1 Å². The van der Waals surface area contributed by atoms with Gasteiger partial charge in [0.15, 0.2) is 0 Å². The second-order valence-corrected chi connectivity index (χ2v) is 7.99. The smallest absolute Gasteiger partial charge is 0.294 e. The Balaban J connectivity index is 1.49. The van der Waals surface area contributed by atoms with Gasteiger partial charge in [-0.3, -0.25) is 19.7 Å². The monoisotopic (exact) mass is 423 g/mol. The molecule has 1 saturated heterocycles. The first-order valence-electron chi connectivity index (χ1n) is 10.5. The van der Waals surface area contributed by atoms with Gasteiger partial charge in [-0.1, -0.05) is 25.0 Å². The van der Waals surface area contributed by atoms with Crippen LogP contribution in [-0.4, -0.2) is 30.4 Å². The number of nitrogens with zero attached hydrogens (tertiary/aromatic N) is 2. The standard InChI is InChI=1S/C23H25N3O5/c1-31-17-9-6-15(7-10-17)12-13-24-20-11-8-16(14-21(20)26(29)30)25-22(27)18-4-2-3-5-19(18)23(25)28/h6-11,14,18-19,24H,2-5,12-13H2,1H3. The number of ether oxygens (including phenoxy) is 1. The third kappa shape index (κ3) is 4.10. The molecule has 1 aliphatic heterocycles. The van der Waals surface area contributed by atoms with Crippen molar-refractivity contribution in [3.63, 3.8) is 0 Å². The van der Waals surface area contributed by atoms with E-state index in [1.807, 2.05) is 24.3 Å². The van der Waals surface area contributed by atoms with Gasteiger partial charge in [0.25, 0.3) is 5.69 Å². The van der Waals surface area contributed by atoms with Gasteiger partial charge in [0, 0.05) is 12.6 Å². The fourth-order valence-corrected chi connectivity index (χ4v) is 4.51. The molecule has 2 atom stereocenters. The molecule has 2 aromatic rings. The minimum Gasteiger partial charge on any atom is -0.497 e. The lowest BCUT2D eigenvalue weighted by Gasteiger charge is -2.19. The molecule has 1 heterocycles. The molecular weight excluding hydrogens is 398 g/mol. The molecule has 2 unspecified atom stereocenters. The summed E-state index contributed by atoms with van der Waals surface area (Å²) in [5.41, 5.74) is 1.56. The van der Waals surface area contributed by atoms with Gasteiger partial charge in [-0.25, -0.2) is 4.90 Å². The van der Waals surface area contributed by atoms with Crippen LogP contribution < -0.4 is 15.0 Å². The third-order valence-electron chi connectivity index (χ3n) is 6.17. The summed E-state index contributed by atoms with van der Waals surface area (Å²) < 4.78 is 5.14. The molecule has 0 spiro atoms. The summed E-state index contributed by atoms with van der Waals surface area (Å²) in [5.74, 6) is -0.271. The summed E-state index contributed by atoms with van der Waals surface area (Å²) >= 11 is 0. The van der Waals surface area contributed by atoms with E-state index in [0.717, 1.165) is 29.1 Å². The second kappa shape index (κ2) is 8.75. The van der Waals surface area contributed by atoms with Crippen LogP contribution in [0.4, 0.5) is 17.1 Å². The molecule has 2 aromatic carbocycles. The number of nitro benzene ring substituents is 1. The van der Waals surface area contributed by atoms with Gasteiger partial charge in [-0.2, -0.15) is 0 Å². The maximum atomic E-state index is 12.8. The number of benzene rings is 2. The van der Waals surface area contributed by atoms with Crippen LogP contribution in [0, 0.1) is 22.0 Å². The van der Waals surface area contributed by atoms with E-state index in [0.29, 0.717) is 31.5 Å². The van der Waals surface area contributed by atoms with Crippen molar-refractivity contribution >= 4 is 28.9 Å². The van der Waals surface area contributed by atoms with Gasteiger partial charge in [-0.15, -0.1) is 0 Å². The molecule has 1 saturated carbocycles. The van der Waals surface area contributed by atoms with Gasteiger partial charge in [0.1, 0.15) is 11.4 Å². The number of nitrogens with one attached hydrogen (secondary N) is 1. The maximum absolute atomic E-state index is 12.8. The molecule has 1 N–H and O–H groups in total. The molecule has 2 amide bonds. The summed E-state index contributed by atoms with van der Waals surface area (Å²) in [7, 11) is 1.61. The Kier molecular flexibility index (Phi) is 5.88. The summed E-state index contributed by atoms with van der Waals surface area (Å²) in [4.78, 5) is 37.9. The highest BCUT2D eigenvalue weighted by Crippen LogP contribution is 2.41. The third-order valence-corrected chi connectivity index (χ3v) is 6.17. The SMILES string of the molecule is COc1ccc(CCNc2ccc(N3C(=O)C4CCCCC4C3=O)cc2[N+](=O)[O-])cc1. The van der Waals surface area contributed by atoms with E-state index in [-0.39, 0.29) is 35.0 Å². The lowest BCUT2D eigenvalue weighted by atomic mass is 9.81. The van der Waals surface area contributed by atoms with Crippen LogP contribution in [0.5, 0.6) is 5.75 Å². The highest BCUT2D eigenvalue weighted by molar-refractivity contribution is 6.22. The number of amides is 2. The van der Waals surface area contributed by atoms with Crippen LogP contribution in [0.15, 0.2) is 42.5 Å². The fraction of sp³-hybridized carbons (Fsp3) is 0.391. The molecule has 162 valence electrons. The van der Waals surface area contributed by atoms with Gasteiger partial charge < -0.3 is 10.1 Å². The predicted molar refractivity (Wildman–Crippen MR) is 116 cm³/mol. The Morgan fingerprint density at radius 3 is 2.29 bits per heavy atom. The zero-order chi connectivity index (χ0) is 22.0. The van der Waals surface area contributed by atoms with E-state index in [2.05, 4.69) is 5.32 Å². The summed E-state index contributed by atoms with van der Waals surface area (Å²) in [6.45, 7) is 0.498. The minimum absolute atomic E-state index is 0.150. The number of carbonyl (C=O) groups is 2. The maximum Gasteiger partial charge on any atom is 0.294 e. The van der Waals surface area contributed by atoms with E-state index in [1.165, 1.54) is 6.07 Å². The minimum atomic E-state index is -0.489. The van der Waals surface area contributed by atoms with Crippen molar-refractivity contribution < 1.29 is 19.2 Å². The van der Waals surface area contributed by atoms with Crippen LogP contribution in [0.2, 0.25) is 0 Å². The summed E-state index contributed by atoms with van der Waals surface area (Å²) in [6.07, 6.45) is 3.96. The van der Waals surface area contributed by atoms with Crippen LogP contribution in [0.25, 0.3) is 0 Å². The van der Waals surface area contributed by atoms with Gasteiger partial charge >= 0.3 is 0 Å². The topological polar surface area (TPSA) is 102 Å². The number of fused-ring (bicyclic) bond motifs is 1. The molecule has 4 rings (SSSR count). The Labute approximate surface area is 180 Å². The largest absolute Gasteiger partial charge is 0.497 e. The molecule has 8 heteroatoms. The quantitative estimate of drug-likeness (QED) is 0.411. The predicted octanol–water partition coefficient (Wildman–Crippen LogP) is 3.94. The van der Waals surface area contributed by atoms with Crippen molar-refractivity contribution in [2.45, 2.75) is 32.1 Å². The molecule has 1 aliphatic carbocycles. The number of hydrogen-bond donors (Lipinski definition) is 1. The van der Waals surface area contributed by atoms with Crippen molar-refractivity contribution in [3.8, 4) is 5.75 Å². The van der Waals surface area contributed by atoms with Crippen molar-refractivity contribution in [1.82, 2.24) is 0 Å². The fourth-order valence-electron chi connectivity index (χ4n) is 4.51. The number of imide groups is 1. The van der Waals surface area contributed by atoms with Crippen LogP contribution in [0.1, 0.15) is 31.2 Å². The average Bonchev–Trinajstić information content (AvgIpc) is 3.04. The summed E-state index contributed by atoms with van der Waals surface area (Å²) in [5, 5.41) is 14.8. The molecular formula is C23H25N3O5. The highest BCUT2D eigenvalue weighted by atomic mass is 16.6. The first kappa shape index (κ1) is 20.8. The zero-order valence-electron chi connectivity index (χ0n) is 17.4. The van der Waals surface area contributed by atoms with E-state index >= 15 is 0 Å². The Morgan fingerprint density at radius 2 is 1.71 bits per heavy atom. The number of methoxy groups -OCH3 is 1. The molecule has 0 radical (unpaired) electrons.